The third kappa shape index (κ3) is 8.11. The van der Waals surface area contributed by atoms with Crippen LogP contribution < -0.4 is 15.5 Å². The van der Waals surface area contributed by atoms with E-state index in [1.807, 2.05) is 42.2 Å². The highest BCUT2D eigenvalue weighted by molar-refractivity contribution is 6.31. The molecule has 9 nitrogen and oxygen atoms in total. The van der Waals surface area contributed by atoms with Crippen LogP contribution in [-0.2, 0) is 4.79 Å². The highest BCUT2D eigenvalue weighted by Crippen LogP contribution is 2.30. The first-order chi connectivity index (χ1) is 22.2. The molecule has 1 fully saturated rings. The first kappa shape index (κ1) is 32.2. The van der Waals surface area contributed by atoms with Gasteiger partial charge in [-0.25, -0.2) is 0 Å². The lowest BCUT2D eigenvalue weighted by atomic mass is 10.0. The maximum absolute atomic E-state index is 13.5. The number of carbonyl (C=O) groups is 4. The summed E-state index contributed by atoms with van der Waals surface area (Å²) in [6, 6.07) is 27.3. The monoisotopic (exact) mass is 638 g/mol. The lowest BCUT2D eigenvalue weighted by Crippen LogP contribution is -2.35. The number of hydrogen-bond donors (Lipinski definition) is 3. The van der Waals surface area contributed by atoms with Crippen molar-refractivity contribution in [1.29, 1.82) is 0 Å². The molecular formula is C36H35ClN4O5. The van der Waals surface area contributed by atoms with Crippen LogP contribution in [0.2, 0.25) is 5.02 Å². The summed E-state index contributed by atoms with van der Waals surface area (Å²) in [5, 5.41) is 15.8. The summed E-state index contributed by atoms with van der Waals surface area (Å²) < 4.78 is 0. The van der Waals surface area contributed by atoms with E-state index in [2.05, 4.69) is 15.5 Å². The Morgan fingerprint density at radius 3 is 2.22 bits per heavy atom. The number of anilines is 2. The molecule has 3 N–H and O–H groups in total. The third-order valence-electron chi connectivity index (χ3n) is 7.90. The van der Waals surface area contributed by atoms with Crippen molar-refractivity contribution in [3.63, 3.8) is 0 Å². The Morgan fingerprint density at radius 2 is 1.50 bits per heavy atom. The number of aryl methyl sites for hydroxylation is 1. The first-order valence-corrected chi connectivity index (χ1v) is 15.4. The van der Waals surface area contributed by atoms with E-state index >= 15 is 0 Å². The molecule has 236 valence electrons. The second-order valence-electron chi connectivity index (χ2n) is 11.2. The second kappa shape index (κ2) is 14.8. The quantitative estimate of drug-likeness (QED) is 0.201. The highest BCUT2D eigenvalue weighted by atomic mass is 35.5. The van der Waals surface area contributed by atoms with E-state index in [-0.39, 0.29) is 17.9 Å². The summed E-state index contributed by atoms with van der Waals surface area (Å²) >= 11 is 6.14. The molecule has 1 unspecified atom stereocenters. The fourth-order valence-electron chi connectivity index (χ4n) is 5.47. The predicted molar refractivity (Wildman–Crippen MR) is 179 cm³/mol. The maximum atomic E-state index is 13.5. The van der Waals surface area contributed by atoms with Crippen molar-refractivity contribution in [3.8, 4) is 0 Å². The smallest absolute Gasteiger partial charge is 0.305 e. The number of halogens is 1. The number of nitrogens with zero attached hydrogens (tertiary/aromatic N) is 2. The zero-order chi connectivity index (χ0) is 32.6. The Labute approximate surface area is 272 Å². The molecule has 46 heavy (non-hydrogen) atoms. The minimum absolute atomic E-state index is 0.0338. The Morgan fingerprint density at radius 1 is 0.783 bits per heavy atom. The number of carboxylic acids is 1. The third-order valence-corrected chi connectivity index (χ3v) is 8.14. The topological polar surface area (TPSA) is 119 Å². The van der Waals surface area contributed by atoms with E-state index in [4.69, 9.17) is 11.6 Å². The number of carbonyl (C=O) groups excluding carboxylic acids is 3. The molecule has 1 aliphatic rings. The molecule has 0 aliphatic carbocycles. The van der Waals surface area contributed by atoms with Crippen LogP contribution in [0.5, 0.6) is 0 Å². The van der Waals surface area contributed by atoms with Crippen molar-refractivity contribution in [2.45, 2.75) is 25.8 Å². The van der Waals surface area contributed by atoms with Crippen molar-refractivity contribution >= 4 is 46.7 Å². The number of carboxylic acid groups (broad SMARTS) is 1. The highest BCUT2D eigenvalue weighted by Gasteiger charge is 2.24. The number of hydrogen-bond acceptors (Lipinski definition) is 5. The SMILES string of the molecule is Cc1ccc(C(CC(=O)O)NC(=O)c2ccc(N3CCCN(C(=O)c4ccccc4)CC3)c(NC(=O)c3cccc(Cl)c3)c2)cc1. The Balaban J connectivity index is 1.41. The molecule has 1 heterocycles. The van der Waals surface area contributed by atoms with E-state index in [1.165, 1.54) is 0 Å². The number of nitrogens with one attached hydrogen (secondary N) is 2. The molecule has 4 aromatic carbocycles. The van der Waals surface area contributed by atoms with Crippen LogP contribution in [0, 0.1) is 6.92 Å². The summed E-state index contributed by atoms with van der Waals surface area (Å²) in [7, 11) is 0. The molecule has 4 aromatic rings. The molecule has 10 heteroatoms. The number of benzene rings is 4. The van der Waals surface area contributed by atoms with Gasteiger partial charge in [0.25, 0.3) is 17.7 Å². The molecule has 1 atom stereocenters. The van der Waals surface area contributed by atoms with Gasteiger partial charge < -0.3 is 25.5 Å². The first-order valence-electron chi connectivity index (χ1n) is 15.1. The summed E-state index contributed by atoms with van der Waals surface area (Å²) in [6.45, 7) is 4.12. The minimum atomic E-state index is -1.04. The predicted octanol–water partition coefficient (Wildman–Crippen LogP) is 6.20. The maximum Gasteiger partial charge on any atom is 0.305 e. The zero-order valence-electron chi connectivity index (χ0n) is 25.4. The van der Waals surface area contributed by atoms with Crippen molar-refractivity contribution in [2.24, 2.45) is 0 Å². The van der Waals surface area contributed by atoms with Gasteiger partial charge in [0.2, 0.25) is 0 Å². The largest absolute Gasteiger partial charge is 0.481 e. The second-order valence-corrected chi connectivity index (χ2v) is 11.7. The van der Waals surface area contributed by atoms with Crippen molar-refractivity contribution in [3.05, 3.63) is 130 Å². The normalized spacial score (nSPS) is 13.8. The van der Waals surface area contributed by atoms with Gasteiger partial charge in [0, 0.05) is 47.9 Å². The molecule has 1 saturated heterocycles. The fourth-order valence-corrected chi connectivity index (χ4v) is 5.66. The summed E-state index contributed by atoms with van der Waals surface area (Å²) in [6.07, 6.45) is 0.410. The lowest BCUT2D eigenvalue weighted by Gasteiger charge is -2.27. The molecular weight excluding hydrogens is 604 g/mol. The van der Waals surface area contributed by atoms with Crippen LogP contribution in [0.3, 0.4) is 0 Å². The number of rotatable bonds is 9. The average molecular weight is 639 g/mol. The van der Waals surface area contributed by atoms with E-state index in [1.54, 1.807) is 66.7 Å². The molecule has 3 amide bonds. The number of aliphatic carboxylic acids is 1. The van der Waals surface area contributed by atoms with Gasteiger partial charge in [0.1, 0.15) is 0 Å². The Bertz CT molecular complexity index is 1730. The molecule has 0 aromatic heterocycles. The average Bonchev–Trinajstić information content (AvgIpc) is 3.31. The van der Waals surface area contributed by atoms with Crippen LogP contribution in [0.25, 0.3) is 0 Å². The van der Waals surface area contributed by atoms with Crippen LogP contribution >= 0.6 is 11.6 Å². The van der Waals surface area contributed by atoms with Crippen LogP contribution in [0.1, 0.15) is 61.1 Å². The van der Waals surface area contributed by atoms with Crippen molar-refractivity contribution in [2.75, 3.05) is 36.4 Å². The van der Waals surface area contributed by atoms with E-state index in [0.717, 1.165) is 5.56 Å². The van der Waals surface area contributed by atoms with Crippen molar-refractivity contribution < 1.29 is 24.3 Å². The van der Waals surface area contributed by atoms with Gasteiger partial charge in [-0.15, -0.1) is 0 Å². The Kier molecular flexibility index (Phi) is 10.3. The molecule has 0 saturated carbocycles. The van der Waals surface area contributed by atoms with Crippen LogP contribution in [0.15, 0.2) is 97.1 Å². The summed E-state index contributed by atoms with van der Waals surface area (Å²) in [5.74, 6) is -1.96. The van der Waals surface area contributed by atoms with Crippen LogP contribution in [-0.4, -0.2) is 59.9 Å². The van der Waals surface area contributed by atoms with Crippen molar-refractivity contribution in [1.82, 2.24) is 10.2 Å². The van der Waals surface area contributed by atoms with E-state index in [0.29, 0.717) is 65.7 Å². The van der Waals surface area contributed by atoms with Gasteiger partial charge in [-0.05, 0) is 67.4 Å². The summed E-state index contributed by atoms with van der Waals surface area (Å²) in [4.78, 5) is 55.6. The minimum Gasteiger partial charge on any atom is -0.481 e. The summed E-state index contributed by atoms with van der Waals surface area (Å²) in [5.41, 5.74) is 4.03. The van der Waals surface area contributed by atoms with Gasteiger partial charge in [-0.1, -0.05) is 65.7 Å². The Hall–Kier alpha value is -5.15. The van der Waals surface area contributed by atoms with Gasteiger partial charge >= 0.3 is 5.97 Å². The van der Waals surface area contributed by atoms with E-state index in [9.17, 15) is 24.3 Å². The van der Waals surface area contributed by atoms with Gasteiger partial charge in [-0.3, -0.25) is 19.2 Å². The lowest BCUT2D eigenvalue weighted by molar-refractivity contribution is -0.137. The van der Waals surface area contributed by atoms with E-state index < -0.39 is 23.8 Å². The number of amides is 3. The molecule has 0 bridgehead atoms. The van der Waals surface area contributed by atoms with Gasteiger partial charge in [-0.2, -0.15) is 0 Å². The molecule has 5 rings (SSSR count). The molecule has 1 aliphatic heterocycles. The standard InChI is InChI=1S/C36H35ClN4O5/c1-24-11-13-25(14-12-24)30(23-33(42)43)38-35(45)28-15-16-32(31(22-28)39-34(44)27-9-5-10-29(37)21-27)40-17-6-18-41(20-19-40)36(46)26-7-3-2-4-8-26/h2-5,7-16,21-22,30H,6,17-20,23H2,1H3,(H,38,45)(H,39,44)(H,42,43). The van der Waals surface area contributed by atoms with Gasteiger partial charge in [0.15, 0.2) is 0 Å². The van der Waals surface area contributed by atoms with Gasteiger partial charge in [0.05, 0.1) is 23.8 Å². The fraction of sp³-hybridized carbons (Fsp3) is 0.222. The molecule has 0 spiro atoms. The molecule has 0 radical (unpaired) electrons. The van der Waals surface area contributed by atoms with Crippen LogP contribution in [0.4, 0.5) is 11.4 Å². The zero-order valence-corrected chi connectivity index (χ0v) is 26.2.